The van der Waals surface area contributed by atoms with Crippen molar-refractivity contribution in [3.63, 3.8) is 0 Å². The minimum absolute atomic E-state index is 0. The summed E-state index contributed by atoms with van der Waals surface area (Å²) in [4.78, 5) is 1.71. The molecule has 0 unspecified atom stereocenters. The molecule has 3 nitrogen and oxygen atoms in total. The van der Waals surface area contributed by atoms with Crippen molar-refractivity contribution in [2.24, 2.45) is 0 Å². The van der Waals surface area contributed by atoms with Crippen molar-refractivity contribution in [3.05, 3.63) is 0 Å². The molecule has 1 saturated heterocycles. The predicted molar refractivity (Wildman–Crippen MR) is 54.1 cm³/mol. The Morgan fingerprint density at radius 2 is 1.93 bits per heavy atom. The van der Waals surface area contributed by atoms with Crippen LogP contribution in [0.25, 0.3) is 0 Å². The Balaban J connectivity index is 0.00000169. The van der Waals surface area contributed by atoms with Gasteiger partial charge in [0.15, 0.2) is 0 Å². The highest BCUT2D eigenvalue weighted by molar-refractivity contribution is 4.51. The minimum Gasteiger partial charge on any atom is -1.00 e. The van der Waals surface area contributed by atoms with E-state index in [9.17, 15) is 0 Å². The summed E-state index contributed by atoms with van der Waals surface area (Å²) >= 11 is 0. The molecule has 1 aliphatic heterocycles. The van der Waals surface area contributed by atoms with Gasteiger partial charge in [-0.3, -0.25) is 0 Å². The summed E-state index contributed by atoms with van der Waals surface area (Å²) in [5.41, 5.74) is 0. The molecule has 0 radical (unpaired) electrons. The van der Waals surface area contributed by atoms with Gasteiger partial charge in [0.2, 0.25) is 0 Å². The molecule has 1 heterocycles. The van der Waals surface area contributed by atoms with E-state index >= 15 is 0 Å². The standard InChI is InChI=1S/C10H22N2O.ClH/c1-10(2)11-4-3-5-12-6-8-13-9-7-12;/h10-11H,3-9H2,1-2H3;1H. The maximum absolute atomic E-state index is 5.31. The van der Waals surface area contributed by atoms with Gasteiger partial charge in [0.1, 0.15) is 13.1 Å². The van der Waals surface area contributed by atoms with E-state index in [2.05, 4.69) is 19.2 Å². The zero-order valence-electron chi connectivity index (χ0n) is 9.31. The first-order valence-electron chi connectivity index (χ1n) is 5.43. The maximum atomic E-state index is 5.31. The van der Waals surface area contributed by atoms with Gasteiger partial charge in [0.25, 0.3) is 0 Å². The average molecular weight is 223 g/mol. The molecule has 14 heavy (non-hydrogen) atoms. The second-order valence-corrected chi connectivity index (χ2v) is 4.07. The summed E-state index contributed by atoms with van der Waals surface area (Å²) in [6, 6.07) is 0.625. The lowest BCUT2D eigenvalue weighted by molar-refractivity contribution is -0.908. The van der Waals surface area contributed by atoms with Crippen LogP contribution in [0.3, 0.4) is 0 Å². The Bertz CT molecular complexity index is 127. The van der Waals surface area contributed by atoms with Gasteiger partial charge in [0, 0.05) is 19.0 Å². The third-order valence-electron chi connectivity index (χ3n) is 2.46. The Morgan fingerprint density at radius 3 is 2.50 bits per heavy atom. The van der Waals surface area contributed by atoms with E-state index < -0.39 is 0 Å². The van der Waals surface area contributed by atoms with E-state index in [-0.39, 0.29) is 12.4 Å². The smallest absolute Gasteiger partial charge is 0.101 e. The SMILES string of the molecule is CC(C)NCCC[NH+]1CCOCC1.[Cl-]. The zero-order chi connectivity index (χ0) is 9.52. The largest absolute Gasteiger partial charge is 1.00 e. The van der Waals surface area contributed by atoms with E-state index in [1.807, 2.05) is 0 Å². The summed E-state index contributed by atoms with van der Waals surface area (Å²) in [5.74, 6) is 0. The molecule has 0 aliphatic carbocycles. The van der Waals surface area contributed by atoms with E-state index in [1.165, 1.54) is 26.1 Å². The van der Waals surface area contributed by atoms with E-state index in [0.29, 0.717) is 6.04 Å². The predicted octanol–water partition coefficient (Wildman–Crippen LogP) is -3.71. The first kappa shape index (κ1) is 14.2. The lowest BCUT2D eigenvalue weighted by Gasteiger charge is -2.23. The first-order valence-corrected chi connectivity index (χ1v) is 5.43. The molecule has 0 aromatic carbocycles. The fraction of sp³-hybridized carbons (Fsp3) is 1.00. The van der Waals surface area contributed by atoms with Gasteiger partial charge >= 0.3 is 0 Å². The number of hydrogen-bond acceptors (Lipinski definition) is 2. The quantitative estimate of drug-likeness (QED) is 0.469. The molecule has 0 aromatic rings. The molecule has 0 saturated carbocycles. The van der Waals surface area contributed by atoms with Gasteiger partial charge in [-0.25, -0.2) is 0 Å². The maximum Gasteiger partial charge on any atom is 0.101 e. The molecule has 0 atom stereocenters. The van der Waals surface area contributed by atoms with Gasteiger partial charge in [-0.1, -0.05) is 13.8 Å². The topological polar surface area (TPSA) is 25.7 Å². The highest BCUT2D eigenvalue weighted by Gasteiger charge is 2.12. The normalized spacial score (nSPS) is 18.2. The number of rotatable bonds is 5. The Labute approximate surface area is 93.6 Å². The molecule has 1 fully saturated rings. The van der Waals surface area contributed by atoms with Crippen molar-refractivity contribution >= 4 is 0 Å². The van der Waals surface area contributed by atoms with Crippen molar-refractivity contribution in [1.82, 2.24) is 5.32 Å². The summed E-state index contributed by atoms with van der Waals surface area (Å²) in [6.45, 7) is 11.1. The number of nitrogens with one attached hydrogen (secondary N) is 2. The summed E-state index contributed by atoms with van der Waals surface area (Å²) < 4.78 is 5.31. The van der Waals surface area contributed by atoms with E-state index in [4.69, 9.17) is 4.74 Å². The Kier molecular flexibility index (Phi) is 8.58. The average Bonchev–Trinajstić information content (AvgIpc) is 2.14. The second-order valence-electron chi connectivity index (χ2n) is 4.07. The lowest BCUT2D eigenvalue weighted by Crippen LogP contribution is -3.14. The van der Waals surface area contributed by atoms with Gasteiger partial charge < -0.3 is 27.4 Å². The zero-order valence-corrected chi connectivity index (χ0v) is 10.1. The van der Waals surface area contributed by atoms with Crippen LogP contribution in [-0.2, 0) is 4.74 Å². The van der Waals surface area contributed by atoms with Crippen LogP contribution in [0.2, 0.25) is 0 Å². The molecule has 1 rings (SSSR count). The summed E-state index contributed by atoms with van der Waals surface area (Å²) in [7, 11) is 0. The van der Waals surface area contributed by atoms with Gasteiger partial charge in [-0.2, -0.15) is 0 Å². The Hall–Kier alpha value is 0.170. The van der Waals surface area contributed by atoms with Crippen molar-refractivity contribution < 1.29 is 22.0 Å². The molecule has 0 amide bonds. The third kappa shape index (κ3) is 6.60. The van der Waals surface area contributed by atoms with Crippen LogP contribution in [-0.4, -0.2) is 45.4 Å². The molecule has 86 valence electrons. The van der Waals surface area contributed by atoms with Crippen molar-refractivity contribution in [3.8, 4) is 0 Å². The number of quaternary nitrogens is 1. The van der Waals surface area contributed by atoms with E-state index in [1.54, 1.807) is 4.90 Å². The van der Waals surface area contributed by atoms with Crippen LogP contribution in [0, 0.1) is 0 Å². The van der Waals surface area contributed by atoms with Crippen molar-refractivity contribution in [2.75, 3.05) is 39.4 Å². The number of halogens is 1. The van der Waals surface area contributed by atoms with Crippen LogP contribution >= 0.6 is 0 Å². The van der Waals surface area contributed by atoms with Crippen LogP contribution in [0.1, 0.15) is 20.3 Å². The lowest BCUT2D eigenvalue weighted by atomic mass is 10.3. The van der Waals surface area contributed by atoms with E-state index in [0.717, 1.165) is 19.8 Å². The first-order chi connectivity index (χ1) is 6.29. The summed E-state index contributed by atoms with van der Waals surface area (Å²) in [5, 5.41) is 3.44. The van der Waals surface area contributed by atoms with Crippen LogP contribution in [0.4, 0.5) is 0 Å². The molecule has 0 bridgehead atoms. The molecule has 2 N–H and O–H groups in total. The highest BCUT2D eigenvalue weighted by Crippen LogP contribution is 1.79. The molecule has 1 aliphatic rings. The third-order valence-corrected chi connectivity index (χ3v) is 2.46. The molecule has 4 heteroatoms. The molecular weight excluding hydrogens is 200 g/mol. The van der Waals surface area contributed by atoms with Gasteiger partial charge in [-0.05, 0) is 0 Å². The number of ether oxygens (including phenoxy) is 1. The minimum atomic E-state index is 0. The van der Waals surface area contributed by atoms with Crippen LogP contribution in [0.15, 0.2) is 0 Å². The summed E-state index contributed by atoms with van der Waals surface area (Å²) in [6.07, 6.45) is 1.29. The number of hydrogen-bond donors (Lipinski definition) is 2. The molecule has 0 spiro atoms. The van der Waals surface area contributed by atoms with Crippen molar-refractivity contribution in [1.29, 1.82) is 0 Å². The highest BCUT2D eigenvalue weighted by atomic mass is 35.5. The molecule has 0 aromatic heterocycles. The van der Waals surface area contributed by atoms with Crippen LogP contribution in [0.5, 0.6) is 0 Å². The van der Waals surface area contributed by atoms with Crippen molar-refractivity contribution in [2.45, 2.75) is 26.3 Å². The Morgan fingerprint density at radius 1 is 1.29 bits per heavy atom. The van der Waals surface area contributed by atoms with Gasteiger partial charge in [0.05, 0.1) is 19.8 Å². The second kappa shape index (κ2) is 8.48. The fourth-order valence-corrected chi connectivity index (χ4v) is 1.64. The molecular formula is C10H23ClN2O. The fourth-order valence-electron chi connectivity index (χ4n) is 1.64. The number of morpholine rings is 1. The van der Waals surface area contributed by atoms with Crippen LogP contribution < -0.4 is 22.6 Å². The van der Waals surface area contributed by atoms with Gasteiger partial charge in [-0.15, -0.1) is 0 Å². The monoisotopic (exact) mass is 222 g/mol.